The van der Waals surface area contributed by atoms with Crippen molar-refractivity contribution in [3.8, 4) is 0 Å². The van der Waals surface area contributed by atoms with Gasteiger partial charge in [-0.1, -0.05) is 41.4 Å². The summed E-state index contributed by atoms with van der Waals surface area (Å²) < 4.78 is 1.18. The van der Waals surface area contributed by atoms with E-state index in [0.29, 0.717) is 5.92 Å². The van der Waals surface area contributed by atoms with E-state index in [1.54, 1.807) is 0 Å². The quantitative estimate of drug-likeness (QED) is 0.770. The zero-order chi connectivity index (χ0) is 12.1. The maximum Gasteiger partial charge on any atom is 0.0175 e. The molecule has 0 spiro atoms. The molecule has 0 saturated heterocycles. The maximum atomic E-state index is 3.59. The fraction of sp³-hybridized carbons (Fsp3) is 0.600. The van der Waals surface area contributed by atoms with E-state index in [4.69, 9.17) is 0 Å². The summed E-state index contributed by atoms with van der Waals surface area (Å²) in [5.41, 5.74) is 1.50. The third-order valence-corrected chi connectivity index (χ3v) is 4.34. The molecule has 17 heavy (non-hydrogen) atoms. The highest BCUT2D eigenvalue weighted by Gasteiger charge is 2.27. The van der Waals surface area contributed by atoms with Crippen LogP contribution in [0.2, 0.25) is 0 Å². The number of hydrogen-bond acceptors (Lipinski definition) is 1. The van der Waals surface area contributed by atoms with Crippen molar-refractivity contribution >= 4 is 15.9 Å². The van der Waals surface area contributed by atoms with E-state index in [1.807, 2.05) is 0 Å². The molecule has 94 valence electrons. The first-order valence-electron chi connectivity index (χ1n) is 6.77. The smallest absolute Gasteiger partial charge is 0.0175 e. The molecule has 2 rings (SSSR count). The molecule has 2 heteroatoms. The molecule has 1 aromatic carbocycles. The highest BCUT2D eigenvalue weighted by Crippen LogP contribution is 2.39. The molecule has 0 aromatic heterocycles. The van der Waals surface area contributed by atoms with Crippen molar-refractivity contribution in [1.82, 2.24) is 5.32 Å². The zero-order valence-electron chi connectivity index (χ0n) is 10.6. The van der Waals surface area contributed by atoms with Crippen LogP contribution in [-0.4, -0.2) is 13.1 Å². The largest absolute Gasteiger partial charge is 0.316 e. The van der Waals surface area contributed by atoms with Gasteiger partial charge >= 0.3 is 0 Å². The summed E-state index contributed by atoms with van der Waals surface area (Å²) in [4.78, 5) is 0. The molecule has 1 aliphatic carbocycles. The van der Waals surface area contributed by atoms with E-state index in [2.05, 4.69) is 52.4 Å². The van der Waals surface area contributed by atoms with Crippen LogP contribution >= 0.6 is 15.9 Å². The van der Waals surface area contributed by atoms with Crippen LogP contribution in [0.5, 0.6) is 0 Å². The van der Waals surface area contributed by atoms with Gasteiger partial charge in [-0.3, -0.25) is 0 Å². The van der Waals surface area contributed by atoms with Crippen molar-refractivity contribution in [2.24, 2.45) is 5.92 Å². The lowest BCUT2D eigenvalue weighted by atomic mass is 9.73. The second-order valence-electron chi connectivity index (χ2n) is 5.05. The average Bonchev–Trinajstić information content (AvgIpc) is 2.27. The Morgan fingerprint density at radius 2 is 2.00 bits per heavy atom. The third kappa shape index (κ3) is 3.56. The van der Waals surface area contributed by atoms with Crippen LogP contribution in [0.3, 0.4) is 0 Å². The van der Waals surface area contributed by atoms with Crippen molar-refractivity contribution in [3.63, 3.8) is 0 Å². The number of halogens is 1. The highest BCUT2D eigenvalue weighted by molar-refractivity contribution is 9.10. The van der Waals surface area contributed by atoms with Gasteiger partial charge in [-0.05, 0) is 55.3 Å². The summed E-state index contributed by atoms with van der Waals surface area (Å²) in [6, 6.07) is 8.89. The molecule has 0 bridgehead atoms. The van der Waals surface area contributed by atoms with Crippen LogP contribution in [0.4, 0.5) is 0 Å². The SMILES string of the molecule is CCCNCC(c1ccc(Br)cc1)C1CCC1. The van der Waals surface area contributed by atoms with E-state index in [0.717, 1.165) is 19.0 Å². The van der Waals surface area contributed by atoms with Crippen molar-refractivity contribution < 1.29 is 0 Å². The van der Waals surface area contributed by atoms with Gasteiger partial charge in [-0.2, -0.15) is 0 Å². The Balaban J connectivity index is 2.00. The normalized spacial score (nSPS) is 17.8. The predicted octanol–water partition coefficient (Wildman–Crippen LogP) is 4.33. The molecule has 0 radical (unpaired) electrons. The number of benzene rings is 1. The van der Waals surface area contributed by atoms with Crippen LogP contribution in [-0.2, 0) is 0 Å². The molecule has 1 N–H and O–H groups in total. The van der Waals surface area contributed by atoms with E-state index in [1.165, 1.54) is 35.7 Å². The molecule has 1 fully saturated rings. The number of hydrogen-bond donors (Lipinski definition) is 1. The van der Waals surface area contributed by atoms with Gasteiger partial charge in [0, 0.05) is 11.0 Å². The Labute approximate surface area is 113 Å². The summed E-state index contributed by atoms with van der Waals surface area (Å²) in [5.74, 6) is 1.61. The Kier molecular flexibility index (Phi) is 5.05. The minimum atomic E-state index is 0.711. The molecule has 1 aromatic rings. The maximum absolute atomic E-state index is 3.59. The van der Waals surface area contributed by atoms with Crippen LogP contribution in [0.25, 0.3) is 0 Å². The molecule has 1 unspecified atom stereocenters. The van der Waals surface area contributed by atoms with Crippen molar-refractivity contribution in [3.05, 3.63) is 34.3 Å². The predicted molar refractivity (Wildman–Crippen MR) is 77.4 cm³/mol. The lowest BCUT2D eigenvalue weighted by molar-refractivity contribution is 0.255. The lowest BCUT2D eigenvalue weighted by Gasteiger charge is -2.34. The standard InChI is InChI=1S/C15H22BrN/c1-2-10-17-11-15(12-4-3-5-12)13-6-8-14(16)9-7-13/h6-9,12,15,17H,2-5,10-11H2,1H3. The van der Waals surface area contributed by atoms with Gasteiger partial charge in [-0.25, -0.2) is 0 Å². The fourth-order valence-electron chi connectivity index (χ4n) is 2.54. The zero-order valence-corrected chi connectivity index (χ0v) is 12.2. The molecule has 1 saturated carbocycles. The van der Waals surface area contributed by atoms with Gasteiger partial charge in [0.1, 0.15) is 0 Å². The monoisotopic (exact) mass is 295 g/mol. The third-order valence-electron chi connectivity index (χ3n) is 3.81. The minimum absolute atomic E-state index is 0.711. The van der Waals surface area contributed by atoms with Gasteiger partial charge in [0.25, 0.3) is 0 Å². The Morgan fingerprint density at radius 1 is 1.29 bits per heavy atom. The molecular formula is C15H22BrN. The van der Waals surface area contributed by atoms with Gasteiger partial charge < -0.3 is 5.32 Å². The molecule has 0 amide bonds. The topological polar surface area (TPSA) is 12.0 Å². The summed E-state index contributed by atoms with van der Waals surface area (Å²) in [6.07, 6.45) is 5.46. The van der Waals surface area contributed by atoms with Gasteiger partial charge in [0.05, 0.1) is 0 Å². The lowest BCUT2D eigenvalue weighted by Crippen LogP contribution is -2.30. The second-order valence-corrected chi connectivity index (χ2v) is 5.97. The average molecular weight is 296 g/mol. The van der Waals surface area contributed by atoms with Gasteiger partial charge in [-0.15, -0.1) is 0 Å². The Bertz CT molecular complexity index is 329. The van der Waals surface area contributed by atoms with Crippen LogP contribution in [0.15, 0.2) is 28.7 Å². The van der Waals surface area contributed by atoms with Gasteiger partial charge in [0.2, 0.25) is 0 Å². The molecular weight excluding hydrogens is 274 g/mol. The van der Waals surface area contributed by atoms with Crippen LogP contribution in [0.1, 0.15) is 44.1 Å². The van der Waals surface area contributed by atoms with E-state index in [9.17, 15) is 0 Å². The van der Waals surface area contributed by atoms with E-state index >= 15 is 0 Å². The molecule has 1 nitrogen and oxygen atoms in total. The summed E-state index contributed by atoms with van der Waals surface area (Å²) in [7, 11) is 0. The minimum Gasteiger partial charge on any atom is -0.316 e. The number of rotatable bonds is 6. The number of nitrogens with one attached hydrogen (secondary N) is 1. The summed E-state index contributed by atoms with van der Waals surface area (Å²) in [5, 5.41) is 3.59. The molecule has 0 heterocycles. The fourth-order valence-corrected chi connectivity index (χ4v) is 2.81. The molecule has 0 aliphatic heterocycles. The van der Waals surface area contributed by atoms with Crippen molar-refractivity contribution in [1.29, 1.82) is 0 Å². The van der Waals surface area contributed by atoms with Crippen LogP contribution in [0, 0.1) is 5.92 Å². The summed E-state index contributed by atoms with van der Waals surface area (Å²) in [6.45, 7) is 4.50. The van der Waals surface area contributed by atoms with E-state index < -0.39 is 0 Å². The first-order valence-corrected chi connectivity index (χ1v) is 7.56. The van der Waals surface area contributed by atoms with E-state index in [-0.39, 0.29) is 0 Å². The van der Waals surface area contributed by atoms with Crippen molar-refractivity contribution in [2.45, 2.75) is 38.5 Å². The Hall–Kier alpha value is -0.340. The summed E-state index contributed by atoms with van der Waals surface area (Å²) >= 11 is 3.51. The van der Waals surface area contributed by atoms with Gasteiger partial charge in [0.15, 0.2) is 0 Å². The van der Waals surface area contributed by atoms with Crippen LogP contribution < -0.4 is 5.32 Å². The first kappa shape index (κ1) is 13.1. The Morgan fingerprint density at radius 3 is 2.53 bits per heavy atom. The van der Waals surface area contributed by atoms with Crippen molar-refractivity contribution in [2.75, 3.05) is 13.1 Å². The second kappa shape index (κ2) is 6.55. The molecule has 1 atom stereocenters. The molecule has 1 aliphatic rings. The highest BCUT2D eigenvalue weighted by atomic mass is 79.9. The first-order chi connectivity index (χ1) is 8.31.